The zero-order valence-electron chi connectivity index (χ0n) is 21.5. The molecular weight excluding hydrogens is 466 g/mol. The summed E-state index contributed by atoms with van der Waals surface area (Å²) in [6, 6.07) is 14.6. The van der Waals surface area contributed by atoms with Crippen molar-refractivity contribution in [2.75, 3.05) is 20.8 Å². The van der Waals surface area contributed by atoms with Gasteiger partial charge in [0.25, 0.3) is 5.91 Å². The molecule has 9 heteroatoms. The van der Waals surface area contributed by atoms with Crippen LogP contribution in [-0.4, -0.2) is 67.2 Å². The largest absolute Gasteiger partial charge is 0.488 e. The summed E-state index contributed by atoms with van der Waals surface area (Å²) in [4.78, 5) is 48.5. The summed E-state index contributed by atoms with van der Waals surface area (Å²) in [6.45, 7) is 7.17. The number of rotatable bonds is 5. The molecule has 0 spiro atoms. The van der Waals surface area contributed by atoms with Crippen molar-refractivity contribution in [3.05, 3.63) is 65.7 Å². The maximum atomic E-state index is 12.9. The molecule has 2 aromatic carbocycles. The lowest BCUT2D eigenvalue weighted by atomic mass is 10.1. The molecule has 36 heavy (non-hydrogen) atoms. The van der Waals surface area contributed by atoms with Crippen molar-refractivity contribution < 1.29 is 38.1 Å². The fourth-order valence-electron chi connectivity index (χ4n) is 3.65. The van der Waals surface area contributed by atoms with Crippen molar-refractivity contribution in [2.24, 2.45) is 0 Å². The van der Waals surface area contributed by atoms with E-state index in [1.807, 2.05) is 26.8 Å². The lowest BCUT2D eigenvalue weighted by Crippen LogP contribution is -2.41. The Bertz CT molecular complexity index is 1060. The predicted octanol–water partition coefficient (Wildman–Crippen LogP) is 3.66. The highest BCUT2D eigenvalue weighted by atomic mass is 16.6. The number of benzene rings is 2. The highest BCUT2D eigenvalue weighted by Gasteiger charge is 2.41. The normalized spacial score (nSPS) is 16.8. The van der Waals surface area contributed by atoms with Gasteiger partial charge in [-0.05, 0) is 51.1 Å². The minimum absolute atomic E-state index is 0.225. The summed E-state index contributed by atoms with van der Waals surface area (Å²) in [6.07, 6.45) is -0.113. The van der Waals surface area contributed by atoms with Gasteiger partial charge >= 0.3 is 17.9 Å². The van der Waals surface area contributed by atoms with Gasteiger partial charge in [0.1, 0.15) is 23.5 Å². The Hall–Kier alpha value is -3.88. The molecule has 2 unspecified atom stereocenters. The van der Waals surface area contributed by atoms with Crippen LogP contribution in [0.15, 0.2) is 54.6 Å². The second-order valence-corrected chi connectivity index (χ2v) is 9.06. The number of carbonyl (C=O) groups is 4. The lowest BCUT2D eigenvalue weighted by molar-refractivity contribution is -0.152. The van der Waals surface area contributed by atoms with Gasteiger partial charge in [-0.2, -0.15) is 0 Å². The van der Waals surface area contributed by atoms with E-state index in [2.05, 4.69) is 0 Å². The number of hydrogen-bond acceptors (Lipinski definition) is 8. The summed E-state index contributed by atoms with van der Waals surface area (Å²) in [5.41, 5.74) is 0.524. The van der Waals surface area contributed by atoms with Gasteiger partial charge in [0.2, 0.25) is 0 Å². The zero-order valence-corrected chi connectivity index (χ0v) is 21.5. The Labute approximate surface area is 211 Å². The maximum Gasteiger partial charge on any atom is 0.337 e. The summed E-state index contributed by atoms with van der Waals surface area (Å²) in [5, 5.41) is 0. The molecule has 194 valence electrons. The van der Waals surface area contributed by atoms with Gasteiger partial charge in [0.15, 0.2) is 0 Å². The number of ether oxygens (including phenoxy) is 4. The van der Waals surface area contributed by atoms with E-state index >= 15 is 0 Å². The second kappa shape index (κ2) is 12.7. The zero-order chi connectivity index (χ0) is 26.9. The van der Waals surface area contributed by atoms with Gasteiger partial charge in [0, 0.05) is 18.9 Å². The first-order valence-corrected chi connectivity index (χ1v) is 11.4. The van der Waals surface area contributed by atoms with Gasteiger partial charge in [-0.1, -0.05) is 24.3 Å². The molecule has 9 nitrogen and oxygen atoms in total. The van der Waals surface area contributed by atoms with E-state index in [1.165, 1.54) is 26.0 Å². The minimum atomic E-state index is -0.730. The molecule has 1 aliphatic heterocycles. The van der Waals surface area contributed by atoms with Gasteiger partial charge in [-0.15, -0.1) is 0 Å². The molecule has 0 saturated carbocycles. The Morgan fingerprint density at radius 1 is 0.889 bits per heavy atom. The maximum absolute atomic E-state index is 12.9. The van der Waals surface area contributed by atoms with E-state index in [1.54, 1.807) is 48.5 Å². The molecule has 1 amide bonds. The fourth-order valence-corrected chi connectivity index (χ4v) is 3.65. The number of esters is 3. The first-order chi connectivity index (χ1) is 16.9. The molecular formula is C27H33NO8. The molecule has 3 rings (SSSR count). The van der Waals surface area contributed by atoms with Crippen LogP contribution < -0.4 is 4.74 Å². The molecule has 1 aliphatic rings. The van der Waals surface area contributed by atoms with Gasteiger partial charge in [0.05, 0.1) is 26.3 Å². The molecule has 1 saturated heterocycles. The van der Waals surface area contributed by atoms with Crippen LogP contribution in [0.4, 0.5) is 0 Å². The van der Waals surface area contributed by atoms with Crippen LogP contribution in [0, 0.1) is 0 Å². The second-order valence-electron chi connectivity index (χ2n) is 9.06. The van der Waals surface area contributed by atoms with Crippen molar-refractivity contribution in [1.29, 1.82) is 0 Å². The van der Waals surface area contributed by atoms with Crippen LogP contribution >= 0.6 is 0 Å². The number of hydrogen-bond donors (Lipinski definition) is 0. The average Bonchev–Trinajstić information content (AvgIpc) is 3.25. The van der Waals surface area contributed by atoms with Gasteiger partial charge < -0.3 is 23.8 Å². The van der Waals surface area contributed by atoms with Gasteiger partial charge in [-0.3, -0.25) is 9.59 Å². The first-order valence-electron chi connectivity index (χ1n) is 11.4. The average molecular weight is 500 g/mol. The van der Waals surface area contributed by atoms with E-state index in [9.17, 15) is 19.2 Å². The van der Waals surface area contributed by atoms with Crippen LogP contribution in [0.2, 0.25) is 0 Å². The van der Waals surface area contributed by atoms with Gasteiger partial charge in [-0.25, -0.2) is 9.59 Å². The number of likely N-dealkylation sites (tertiary alicyclic amines) is 1. The number of methoxy groups -OCH3 is 2. The van der Waals surface area contributed by atoms with E-state index in [-0.39, 0.29) is 24.0 Å². The van der Waals surface area contributed by atoms with E-state index in [0.717, 1.165) is 0 Å². The fraction of sp³-hybridized carbons (Fsp3) is 0.407. The number of carbonyl (C=O) groups excluding carboxylic acids is 4. The molecule has 2 aromatic rings. The van der Waals surface area contributed by atoms with Crippen LogP contribution in [0.1, 0.15) is 54.8 Å². The van der Waals surface area contributed by atoms with Crippen LogP contribution in [-0.2, 0) is 23.8 Å². The first kappa shape index (κ1) is 28.4. The summed E-state index contributed by atoms with van der Waals surface area (Å²) in [5.74, 6) is -0.975. The van der Waals surface area contributed by atoms with E-state index < -0.39 is 24.1 Å². The third-order valence-electron chi connectivity index (χ3n) is 5.03. The van der Waals surface area contributed by atoms with Crippen molar-refractivity contribution in [3.8, 4) is 5.75 Å². The lowest BCUT2D eigenvalue weighted by Gasteiger charge is -2.22. The van der Waals surface area contributed by atoms with Crippen molar-refractivity contribution in [1.82, 2.24) is 4.90 Å². The topological polar surface area (TPSA) is 108 Å². The van der Waals surface area contributed by atoms with E-state index in [0.29, 0.717) is 23.3 Å². The molecule has 0 aromatic heterocycles. The highest BCUT2D eigenvalue weighted by molar-refractivity contribution is 5.97. The van der Waals surface area contributed by atoms with Crippen LogP contribution in [0.25, 0.3) is 0 Å². The van der Waals surface area contributed by atoms with Crippen LogP contribution in [0.5, 0.6) is 5.75 Å². The summed E-state index contributed by atoms with van der Waals surface area (Å²) < 4.78 is 20.3. The third kappa shape index (κ3) is 8.41. The molecule has 0 bridgehead atoms. The summed E-state index contributed by atoms with van der Waals surface area (Å²) >= 11 is 0. The standard InChI is InChI=1S/C21H21NO6.C6H12O2/c1-26-20(24)15-9-6-10-16(11-15)28-17-12-18(21(25)27-2)22(13-17)19(23)14-7-4-3-5-8-14;1-5(7)8-6(2,3)4/h3-11,17-18H,12-13H2,1-2H3;1-4H3. The SMILES string of the molecule is CC(=O)OC(C)(C)C.COC(=O)c1cccc(OC2CC(C(=O)OC)N(C(=O)c3ccccc3)C2)c1. The Kier molecular flexibility index (Phi) is 10.0. The highest BCUT2D eigenvalue weighted by Crippen LogP contribution is 2.26. The van der Waals surface area contributed by atoms with Crippen molar-refractivity contribution in [2.45, 2.75) is 51.9 Å². The monoisotopic (exact) mass is 499 g/mol. The van der Waals surface area contributed by atoms with Crippen LogP contribution in [0.3, 0.4) is 0 Å². The van der Waals surface area contributed by atoms with Crippen molar-refractivity contribution in [3.63, 3.8) is 0 Å². The molecule has 0 aliphatic carbocycles. The summed E-state index contributed by atoms with van der Waals surface area (Å²) in [7, 11) is 2.60. The minimum Gasteiger partial charge on any atom is -0.488 e. The number of amides is 1. The third-order valence-corrected chi connectivity index (χ3v) is 5.03. The Balaban J connectivity index is 0.000000493. The predicted molar refractivity (Wildman–Crippen MR) is 132 cm³/mol. The quantitative estimate of drug-likeness (QED) is 0.453. The molecule has 1 heterocycles. The molecule has 0 radical (unpaired) electrons. The van der Waals surface area contributed by atoms with Crippen molar-refractivity contribution >= 4 is 23.8 Å². The molecule has 1 fully saturated rings. The Morgan fingerprint density at radius 2 is 1.53 bits per heavy atom. The number of nitrogens with zero attached hydrogens (tertiary/aromatic N) is 1. The molecule has 2 atom stereocenters. The smallest absolute Gasteiger partial charge is 0.337 e. The Morgan fingerprint density at radius 3 is 2.06 bits per heavy atom. The van der Waals surface area contributed by atoms with E-state index in [4.69, 9.17) is 18.9 Å². The molecule has 0 N–H and O–H groups in total.